The highest BCUT2D eigenvalue weighted by Crippen LogP contribution is 2.37. The number of hydrogen-bond donors (Lipinski definition) is 2. The van der Waals surface area contributed by atoms with Gasteiger partial charge in [0.25, 0.3) is 11.8 Å². The number of nitrogens with one attached hydrogen (secondary N) is 2. The molecule has 2 N–H and O–H groups in total. The molecular formula is C38H34N8O5S. The van der Waals surface area contributed by atoms with E-state index in [1.165, 1.54) is 5.56 Å². The zero-order valence-electron chi connectivity index (χ0n) is 28.3. The number of imide groups is 2. The molecule has 2 aromatic carbocycles. The normalized spacial score (nSPS) is 16.5. The highest BCUT2D eigenvalue weighted by Gasteiger charge is 2.45. The van der Waals surface area contributed by atoms with Crippen molar-refractivity contribution >= 4 is 40.7 Å². The first-order valence-corrected chi connectivity index (χ1v) is 18.0. The second-order valence-electron chi connectivity index (χ2n) is 12.9. The fraction of sp³-hybridized carbons (Fsp3) is 0.289. The van der Waals surface area contributed by atoms with Crippen molar-refractivity contribution in [3.8, 4) is 16.8 Å². The molecule has 8 rings (SSSR count). The second-order valence-corrected chi connectivity index (χ2v) is 13.9. The van der Waals surface area contributed by atoms with Crippen LogP contribution in [0.15, 0.2) is 60.9 Å². The molecule has 0 radical (unpaired) electrons. The Morgan fingerprint density at radius 2 is 1.87 bits per heavy atom. The number of hydrogen-bond acceptors (Lipinski definition) is 10. The first-order chi connectivity index (χ1) is 25.4. The Balaban J connectivity index is 0.915. The van der Waals surface area contributed by atoms with Crippen LogP contribution in [0.3, 0.4) is 0 Å². The molecule has 6 heterocycles. The van der Waals surface area contributed by atoms with Gasteiger partial charge in [-0.2, -0.15) is 5.10 Å². The van der Waals surface area contributed by atoms with Gasteiger partial charge in [0.2, 0.25) is 11.8 Å². The summed E-state index contributed by atoms with van der Waals surface area (Å²) in [5, 5.41) is 19.7. The number of carbonyl (C=O) groups is 4. The Kier molecular flexibility index (Phi) is 8.96. The summed E-state index contributed by atoms with van der Waals surface area (Å²) in [5.74, 6) is 6.29. The summed E-state index contributed by atoms with van der Waals surface area (Å²) >= 11 is 1.64. The number of ether oxygens (including phenoxy) is 1. The van der Waals surface area contributed by atoms with E-state index >= 15 is 0 Å². The van der Waals surface area contributed by atoms with Crippen LogP contribution in [0.25, 0.3) is 5.00 Å². The summed E-state index contributed by atoms with van der Waals surface area (Å²) in [6.45, 7) is 4.08. The Labute approximate surface area is 303 Å². The standard InChI is InChI=1S/C38H34N8O5S/c1-23-42-43-32-22-51-21-28-27(18-24-8-3-2-4-9-24)31(52-38(28)45(23)32)14-12-25-19-40-44(20-25)17-6-5-16-39-29-11-7-10-26-34(29)37(50)46(36(26)49)30-13-15-33(47)41-35(30)48/h2-4,7-11,19-20,30,39H,5-6,13,15-18,21-22H2,1H3,(H,41,47,48). The van der Waals surface area contributed by atoms with Crippen LogP contribution in [0.5, 0.6) is 0 Å². The molecule has 1 fully saturated rings. The molecule has 14 heteroatoms. The van der Waals surface area contributed by atoms with E-state index in [-0.39, 0.29) is 24.0 Å². The van der Waals surface area contributed by atoms with Gasteiger partial charge in [0.1, 0.15) is 23.5 Å². The summed E-state index contributed by atoms with van der Waals surface area (Å²) in [6, 6.07) is 14.4. The molecule has 3 aliphatic heterocycles. The molecule has 13 nitrogen and oxygen atoms in total. The Bertz CT molecular complexity index is 2300. The minimum atomic E-state index is -1.000. The summed E-state index contributed by atoms with van der Waals surface area (Å²) in [5.41, 5.74) is 5.33. The van der Waals surface area contributed by atoms with E-state index in [2.05, 4.69) is 54.5 Å². The number of carbonyl (C=O) groups excluding carboxylic acids is 4. The van der Waals surface area contributed by atoms with Crippen LogP contribution in [-0.4, -0.2) is 65.7 Å². The average Bonchev–Trinajstić information content (AvgIpc) is 3.87. The van der Waals surface area contributed by atoms with Crippen molar-refractivity contribution in [2.24, 2.45) is 0 Å². The van der Waals surface area contributed by atoms with E-state index in [1.54, 1.807) is 35.7 Å². The molecular weight excluding hydrogens is 681 g/mol. The number of aromatic nitrogens is 5. The molecule has 0 bridgehead atoms. The zero-order valence-corrected chi connectivity index (χ0v) is 29.2. The predicted octanol–water partition coefficient (Wildman–Crippen LogP) is 4.15. The minimum absolute atomic E-state index is 0.0760. The molecule has 262 valence electrons. The van der Waals surface area contributed by atoms with Gasteiger partial charge in [-0.15, -0.1) is 21.5 Å². The summed E-state index contributed by atoms with van der Waals surface area (Å²) in [7, 11) is 0. The SMILES string of the molecule is Cc1nnc2n1-c1sc(C#Cc3cnn(CCCCNc4cccc5c4C(=O)N(C4CCC(=O)NC4=O)C5=O)c3)c(Cc3ccccc3)c1COC2. The maximum Gasteiger partial charge on any atom is 0.264 e. The lowest BCUT2D eigenvalue weighted by atomic mass is 10.0. The fourth-order valence-corrected chi connectivity index (χ4v) is 8.12. The highest BCUT2D eigenvalue weighted by atomic mass is 32.1. The molecule has 3 aliphatic rings. The predicted molar refractivity (Wildman–Crippen MR) is 191 cm³/mol. The Hall–Kier alpha value is -5.91. The zero-order chi connectivity index (χ0) is 35.8. The molecule has 0 spiro atoms. The quantitative estimate of drug-likeness (QED) is 0.130. The number of amides is 4. The van der Waals surface area contributed by atoms with Crippen molar-refractivity contribution in [1.29, 1.82) is 0 Å². The van der Waals surface area contributed by atoms with E-state index in [0.29, 0.717) is 32.0 Å². The fourth-order valence-electron chi connectivity index (χ4n) is 6.88. The largest absolute Gasteiger partial charge is 0.384 e. The number of piperidine rings is 1. The first kappa shape index (κ1) is 33.2. The number of unbranched alkanes of at least 4 members (excludes halogenated alkanes) is 1. The summed E-state index contributed by atoms with van der Waals surface area (Å²) in [6.07, 6.45) is 6.23. The van der Waals surface area contributed by atoms with Crippen LogP contribution < -0.4 is 10.6 Å². The number of fused-ring (bicyclic) bond motifs is 4. The van der Waals surface area contributed by atoms with Gasteiger partial charge in [-0.05, 0) is 55.9 Å². The van der Waals surface area contributed by atoms with Crippen molar-refractivity contribution in [2.75, 3.05) is 11.9 Å². The first-order valence-electron chi connectivity index (χ1n) is 17.2. The average molecular weight is 715 g/mol. The van der Waals surface area contributed by atoms with E-state index in [4.69, 9.17) is 4.74 Å². The van der Waals surface area contributed by atoms with Crippen molar-refractivity contribution in [3.63, 3.8) is 0 Å². The van der Waals surface area contributed by atoms with Crippen molar-refractivity contribution < 1.29 is 23.9 Å². The van der Waals surface area contributed by atoms with Gasteiger partial charge in [-0.3, -0.25) is 38.6 Å². The van der Waals surface area contributed by atoms with Gasteiger partial charge in [-0.1, -0.05) is 48.2 Å². The number of anilines is 1. The molecule has 4 amide bonds. The van der Waals surface area contributed by atoms with E-state index in [9.17, 15) is 19.2 Å². The second kappa shape index (κ2) is 14.0. The molecule has 1 unspecified atom stereocenters. The van der Waals surface area contributed by atoms with Crippen molar-refractivity contribution in [2.45, 2.75) is 64.8 Å². The summed E-state index contributed by atoms with van der Waals surface area (Å²) in [4.78, 5) is 52.5. The van der Waals surface area contributed by atoms with Crippen molar-refractivity contribution in [1.82, 2.24) is 34.8 Å². The molecule has 0 saturated carbocycles. The number of aryl methyl sites for hydroxylation is 2. The number of nitrogens with zero attached hydrogens (tertiary/aromatic N) is 6. The van der Waals surface area contributed by atoms with Gasteiger partial charge >= 0.3 is 0 Å². The van der Waals surface area contributed by atoms with Crippen LogP contribution in [0.4, 0.5) is 5.69 Å². The third kappa shape index (κ3) is 6.29. The van der Waals surface area contributed by atoms with Crippen LogP contribution in [-0.2, 0) is 40.5 Å². The molecule has 5 aromatic rings. The van der Waals surface area contributed by atoms with Crippen LogP contribution in [0.1, 0.15) is 85.2 Å². The summed E-state index contributed by atoms with van der Waals surface area (Å²) < 4.78 is 9.98. The monoisotopic (exact) mass is 714 g/mol. The van der Waals surface area contributed by atoms with Crippen LogP contribution in [0.2, 0.25) is 0 Å². The number of rotatable bonds is 9. The maximum absolute atomic E-state index is 13.4. The van der Waals surface area contributed by atoms with Gasteiger partial charge in [0.05, 0.1) is 34.4 Å². The lowest BCUT2D eigenvalue weighted by Gasteiger charge is -2.27. The molecule has 3 aromatic heterocycles. The van der Waals surface area contributed by atoms with Gasteiger partial charge < -0.3 is 10.1 Å². The molecule has 52 heavy (non-hydrogen) atoms. The topological polar surface area (TPSA) is 153 Å². The molecule has 0 aliphatic carbocycles. The molecule has 1 atom stereocenters. The minimum Gasteiger partial charge on any atom is -0.384 e. The van der Waals surface area contributed by atoms with E-state index in [1.807, 2.05) is 36.0 Å². The number of benzene rings is 2. The van der Waals surface area contributed by atoms with Crippen molar-refractivity contribution in [3.05, 3.63) is 111 Å². The van der Waals surface area contributed by atoms with E-state index in [0.717, 1.165) is 62.4 Å². The van der Waals surface area contributed by atoms with Crippen LogP contribution in [0, 0.1) is 18.8 Å². The highest BCUT2D eigenvalue weighted by molar-refractivity contribution is 7.15. The lowest BCUT2D eigenvalue weighted by molar-refractivity contribution is -0.136. The Morgan fingerprint density at radius 1 is 1.00 bits per heavy atom. The van der Waals surface area contributed by atoms with Gasteiger partial charge in [0.15, 0.2) is 5.82 Å². The van der Waals surface area contributed by atoms with Gasteiger partial charge in [-0.25, -0.2) is 0 Å². The van der Waals surface area contributed by atoms with Gasteiger partial charge in [0, 0.05) is 37.0 Å². The molecule has 1 saturated heterocycles. The third-order valence-electron chi connectivity index (χ3n) is 9.44. The van der Waals surface area contributed by atoms with E-state index < -0.39 is 29.7 Å². The van der Waals surface area contributed by atoms with Crippen LogP contribution >= 0.6 is 11.3 Å². The maximum atomic E-state index is 13.4. The number of thiophene rings is 1. The smallest absolute Gasteiger partial charge is 0.264 e. The Morgan fingerprint density at radius 3 is 2.71 bits per heavy atom. The third-order valence-corrected chi connectivity index (χ3v) is 10.6. The lowest BCUT2D eigenvalue weighted by Crippen LogP contribution is -2.54.